The van der Waals surface area contributed by atoms with Crippen molar-refractivity contribution in [3.8, 4) is 0 Å². The van der Waals surface area contributed by atoms with Gasteiger partial charge in [0.05, 0.1) is 12.1 Å². The van der Waals surface area contributed by atoms with E-state index < -0.39 is 17.6 Å². The molecule has 0 unspecified atom stereocenters. The monoisotopic (exact) mass is 487 g/mol. The molecule has 0 amide bonds. The summed E-state index contributed by atoms with van der Waals surface area (Å²) in [6.45, 7) is 2.40. The van der Waals surface area contributed by atoms with Crippen LogP contribution in [0.25, 0.3) is 0 Å². The van der Waals surface area contributed by atoms with Gasteiger partial charge in [0, 0.05) is 23.3 Å². The Hall–Kier alpha value is -1.36. The lowest BCUT2D eigenvalue weighted by atomic mass is 10.1. The Morgan fingerprint density at radius 3 is 2.36 bits per heavy atom. The van der Waals surface area contributed by atoms with E-state index in [0.717, 1.165) is 17.0 Å². The molecule has 2 rings (SSSR count). The van der Waals surface area contributed by atoms with Crippen molar-refractivity contribution in [2.45, 2.75) is 26.2 Å². The van der Waals surface area contributed by atoms with Crippen molar-refractivity contribution in [2.75, 3.05) is 7.05 Å². The third-order valence-electron chi connectivity index (χ3n) is 3.27. The predicted molar refractivity (Wildman–Crippen MR) is 103 cm³/mol. The summed E-state index contributed by atoms with van der Waals surface area (Å²) in [7, 11) is 1.53. The van der Waals surface area contributed by atoms with E-state index in [0.29, 0.717) is 18.6 Å². The number of thiophene rings is 1. The van der Waals surface area contributed by atoms with Crippen LogP contribution in [0.2, 0.25) is 0 Å². The number of alkyl halides is 3. The second-order valence-corrected chi connectivity index (χ2v) is 6.46. The summed E-state index contributed by atoms with van der Waals surface area (Å²) in [6, 6.07) is 6.60. The summed E-state index contributed by atoms with van der Waals surface area (Å²) in [5.41, 5.74) is -1.03. The zero-order chi connectivity index (χ0) is 17.7. The average molecular weight is 487 g/mol. The van der Waals surface area contributed by atoms with Crippen LogP contribution < -0.4 is 10.6 Å². The van der Waals surface area contributed by atoms with E-state index in [1.54, 1.807) is 11.3 Å². The molecule has 138 valence electrons. The minimum Gasteiger partial charge on any atom is -0.352 e. The zero-order valence-electron chi connectivity index (χ0n) is 13.6. The Labute approximate surface area is 164 Å². The number of halogens is 5. The van der Waals surface area contributed by atoms with E-state index in [2.05, 4.69) is 15.6 Å². The molecule has 0 bridgehead atoms. The molecule has 1 aromatic carbocycles. The van der Waals surface area contributed by atoms with Crippen LogP contribution in [0.5, 0.6) is 0 Å². The van der Waals surface area contributed by atoms with Crippen molar-refractivity contribution in [1.29, 1.82) is 0 Å². The predicted octanol–water partition coefficient (Wildman–Crippen LogP) is 4.70. The highest BCUT2D eigenvalue weighted by atomic mass is 127. The van der Waals surface area contributed by atoms with Gasteiger partial charge in [-0.25, -0.2) is 4.39 Å². The fourth-order valence-corrected chi connectivity index (χ4v) is 2.95. The number of nitrogens with one attached hydrogen (secondary N) is 2. The highest BCUT2D eigenvalue weighted by Crippen LogP contribution is 2.32. The minimum absolute atomic E-state index is 0. The third kappa shape index (κ3) is 6.46. The van der Waals surface area contributed by atoms with Gasteiger partial charge in [-0.2, -0.15) is 13.2 Å². The van der Waals surface area contributed by atoms with E-state index in [-0.39, 0.29) is 36.1 Å². The van der Waals surface area contributed by atoms with Gasteiger partial charge in [0.15, 0.2) is 5.96 Å². The lowest BCUT2D eigenvalue weighted by Crippen LogP contribution is -2.36. The Morgan fingerprint density at radius 2 is 1.80 bits per heavy atom. The van der Waals surface area contributed by atoms with Crippen LogP contribution in [0.4, 0.5) is 17.6 Å². The summed E-state index contributed by atoms with van der Waals surface area (Å²) >= 11 is 1.63. The first-order valence-electron chi connectivity index (χ1n) is 7.15. The molecule has 0 aliphatic heterocycles. The van der Waals surface area contributed by atoms with Crippen LogP contribution in [0, 0.1) is 12.7 Å². The number of rotatable bonds is 4. The van der Waals surface area contributed by atoms with Crippen molar-refractivity contribution >= 4 is 41.3 Å². The molecule has 2 aromatic rings. The molecular formula is C16H18F4IN3S. The van der Waals surface area contributed by atoms with Gasteiger partial charge in [0.25, 0.3) is 0 Å². The molecule has 0 fully saturated rings. The number of aryl methyl sites for hydroxylation is 1. The zero-order valence-corrected chi connectivity index (χ0v) is 16.7. The fourth-order valence-electron chi connectivity index (χ4n) is 2.12. The lowest BCUT2D eigenvalue weighted by Gasteiger charge is -2.15. The topological polar surface area (TPSA) is 36.4 Å². The van der Waals surface area contributed by atoms with Crippen LogP contribution in [-0.4, -0.2) is 13.0 Å². The van der Waals surface area contributed by atoms with E-state index >= 15 is 0 Å². The standard InChI is InChI=1S/C16H17F4N3S.HI/c1-10-3-6-13(24-10)9-23-15(21-2)22-8-11-4-5-12(17)7-14(11)16(18,19)20;/h3-7H,8-9H2,1-2H3,(H2,21,22,23);1H. The smallest absolute Gasteiger partial charge is 0.352 e. The molecule has 9 heteroatoms. The molecule has 25 heavy (non-hydrogen) atoms. The molecule has 1 heterocycles. The molecule has 3 nitrogen and oxygen atoms in total. The molecular weight excluding hydrogens is 469 g/mol. The molecule has 0 saturated heterocycles. The van der Waals surface area contributed by atoms with Crippen LogP contribution in [0.1, 0.15) is 20.9 Å². The van der Waals surface area contributed by atoms with Gasteiger partial charge < -0.3 is 10.6 Å². The fraction of sp³-hybridized carbons (Fsp3) is 0.312. The molecule has 0 aliphatic rings. The van der Waals surface area contributed by atoms with Crippen LogP contribution in [0.3, 0.4) is 0 Å². The van der Waals surface area contributed by atoms with Gasteiger partial charge in [0.2, 0.25) is 0 Å². The van der Waals surface area contributed by atoms with Gasteiger partial charge >= 0.3 is 6.18 Å². The number of aliphatic imine (C=N–C) groups is 1. The number of nitrogens with zero attached hydrogens (tertiary/aromatic N) is 1. The molecule has 0 aliphatic carbocycles. The molecule has 2 N–H and O–H groups in total. The van der Waals surface area contributed by atoms with Crippen LogP contribution in [-0.2, 0) is 19.3 Å². The van der Waals surface area contributed by atoms with Gasteiger partial charge in [-0.05, 0) is 36.8 Å². The second-order valence-electron chi connectivity index (χ2n) is 5.09. The SMILES string of the molecule is CN=C(NCc1ccc(C)s1)NCc1ccc(F)cc1C(F)(F)F.I. The molecule has 0 spiro atoms. The summed E-state index contributed by atoms with van der Waals surface area (Å²) in [4.78, 5) is 6.25. The van der Waals surface area contributed by atoms with Gasteiger partial charge in [-0.1, -0.05) is 6.07 Å². The first-order valence-corrected chi connectivity index (χ1v) is 7.96. The average Bonchev–Trinajstić information content (AvgIpc) is 2.93. The normalized spacial score (nSPS) is 11.8. The molecule has 0 saturated carbocycles. The Kier molecular flexibility index (Phi) is 8.13. The highest BCUT2D eigenvalue weighted by molar-refractivity contribution is 14.0. The maximum atomic E-state index is 13.1. The maximum Gasteiger partial charge on any atom is 0.416 e. The first-order chi connectivity index (χ1) is 11.3. The number of benzene rings is 1. The summed E-state index contributed by atoms with van der Waals surface area (Å²) in [5.74, 6) is -0.542. The summed E-state index contributed by atoms with van der Waals surface area (Å²) in [5, 5.41) is 5.85. The first kappa shape index (κ1) is 21.7. The van der Waals surface area contributed by atoms with Crippen molar-refractivity contribution in [3.63, 3.8) is 0 Å². The summed E-state index contributed by atoms with van der Waals surface area (Å²) < 4.78 is 52.0. The maximum absolute atomic E-state index is 13.1. The van der Waals surface area contributed by atoms with Crippen molar-refractivity contribution < 1.29 is 17.6 Å². The van der Waals surface area contributed by atoms with Gasteiger partial charge in [0.1, 0.15) is 5.82 Å². The van der Waals surface area contributed by atoms with Gasteiger partial charge in [-0.3, -0.25) is 4.99 Å². The Balaban J connectivity index is 0.00000312. The minimum atomic E-state index is -4.61. The second kappa shape index (κ2) is 9.37. The van der Waals surface area contributed by atoms with E-state index in [4.69, 9.17) is 0 Å². The Bertz CT molecular complexity index is 728. The van der Waals surface area contributed by atoms with Gasteiger partial charge in [-0.15, -0.1) is 35.3 Å². The lowest BCUT2D eigenvalue weighted by molar-refractivity contribution is -0.138. The van der Waals surface area contributed by atoms with Crippen LogP contribution in [0.15, 0.2) is 35.3 Å². The summed E-state index contributed by atoms with van der Waals surface area (Å²) in [6.07, 6.45) is -4.61. The van der Waals surface area contributed by atoms with Crippen molar-refractivity contribution in [1.82, 2.24) is 10.6 Å². The molecule has 0 radical (unpaired) electrons. The van der Waals surface area contributed by atoms with Crippen LogP contribution >= 0.6 is 35.3 Å². The third-order valence-corrected chi connectivity index (χ3v) is 4.27. The van der Waals surface area contributed by atoms with Crippen molar-refractivity contribution in [3.05, 3.63) is 57.0 Å². The number of hydrogen-bond donors (Lipinski definition) is 2. The van der Waals surface area contributed by atoms with E-state index in [1.807, 2.05) is 19.1 Å². The quantitative estimate of drug-likeness (QED) is 0.284. The Morgan fingerprint density at radius 1 is 1.12 bits per heavy atom. The highest BCUT2D eigenvalue weighted by Gasteiger charge is 2.33. The number of guanidine groups is 1. The van der Waals surface area contributed by atoms with Crippen molar-refractivity contribution in [2.24, 2.45) is 4.99 Å². The number of hydrogen-bond acceptors (Lipinski definition) is 2. The molecule has 0 atom stereocenters. The van der Waals surface area contributed by atoms with E-state index in [9.17, 15) is 17.6 Å². The largest absolute Gasteiger partial charge is 0.416 e. The molecule has 1 aromatic heterocycles. The van der Waals surface area contributed by atoms with E-state index in [1.165, 1.54) is 11.9 Å².